The maximum absolute atomic E-state index is 8.50. The molecule has 1 rings (SSSR count). The number of nitriles is 1. The van der Waals surface area contributed by atoms with Gasteiger partial charge in [-0.15, -0.1) is 11.3 Å². The van der Waals surface area contributed by atoms with Crippen LogP contribution in [0.25, 0.3) is 0 Å². The number of hydrogen-bond donors (Lipinski definition) is 4. The molecule has 0 aliphatic rings. The van der Waals surface area contributed by atoms with Crippen LogP contribution < -0.4 is 22.1 Å². The number of aliphatic imine (C=N–C) groups is 2. The first-order chi connectivity index (χ1) is 10.1. The fourth-order valence-corrected chi connectivity index (χ4v) is 3.10. The Kier molecular flexibility index (Phi) is 7.34. The van der Waals surface area contributed by atoms with E-state index in [2.05, 4.69) is 32.5 Å². The van der Waals surface area contributed by atoms with E-state index in [1.165, 1.54) is 11.3 Å². The molecule has 0 radical (unpaired) electrons. The van der Waals surface area contributed by atoms with Crippen LogP contribution in [0.4, 0.5) is 5.13 Å². The molecule has 0 saturated heterocycles. The van der Waals surface area contributed by atoms with Crippen molar-refractivity contribution in [1.29, 1.82) is 5.26 Å². The summed E-state index contributed by atoms with van der Waals surface area (Å²) in [6.07, 6.45) is 1.82. The Bertz CT molecular complexity index is 541. The van der Waals surface area contributed by atoms with Gasteiger partial charge >= 0.3 is 0 Å². The Morgan fingerprint density at radius 2 is 2.38 bits per heavy atom. The molecule has 1 aromatic heterocycles. The van der Waals surface area contributed by atoms with E-state index in [0.717, 1.165) is 11.4 Å². The smallest absolute Gasteiger partial charge is 0.212 e. The van der Waals surface area contributed by atoms with Gasteiger partial charge in [-0.2, -0.15) is 22.0 Å². The average Bonchev–Trinajstić information content (AvgIpc) is 2.89. The van der Waals surface area contributed by atoms with Gasteiger partial charge in [0.15, 0.2) is 12.2 Å². The van der Waals surface area contributed by atoms with E-state index >= 15 is 0 Å². The van der Waals surface area contributed by atoms with Crippen LogP contribution in [0, 0.1) is 11.5 Å². The molecule has 1 heterocycles. The molecule has 21 heavy (non-hydrogen) atoms. The minimum absolute atomic E-state index is 0.0109. The van der Waals surface area contributed by atoms with Crippen molar-refractivity contribution in [1.82, 2.24) is 15.6 Å². The summed E-state index contributed by atoms with van der Waals surface area (Å²) in [4.78, 5) is 12.2. The summed E-state index contributed by atoms with van der Waals surface area (Å²) in [6, 6.07) is 0. The molecule has 0 spiro atoms. The number of hydrogen-bond acceptors (Lipinski definition) is 6. The zero-order valence-electron chi connectivity index (χ0n) is 11.8. The van der Waals surface area contributed by atoms with E-state index in [0.29, 0.717) is 17.6 Å². The Labute approximate surface area is 131 Å². The number of thioether (sulfide) groups is 1. The predicted molar refractivity (Wildman–Crippen MR) is 88.6 cm³/mol. The van der Waals surface area contributed by atoms with Crippen molar-refractivity contribution in [3.8, 4) is 6.19 Å². The summed E-state index contributed by atoms with van der Waals surface area (Å²) in [5.74, 6) is 1.33. The lowest BCUT2D eigenvalue weighted by molar-refractivity contribution is 0.925. The highest BCUT2D eigenvalue weighted by Gasteiger charge is 2.10. The SMILES string of the molecule is CN=C(NC#N)NCCSC(C)c1csc(N=C(N)N)n1. The van der Waals surface area contributed by atoms with Crippen LogP contribution in [-0.4, -0.2) is 36.2 Å². The summed E-state index contributed by atoms with van der Waals surface area (Å²) in [5, 5.41) is 16.7. The predicted octanol–water partition coefficient (Wildman–Crippen LogP) is 0.488. The second-order valence-electron chi connectivity index (χ2n) is 3.84. The Balaban J connectivity index is 2.37. The molecule has 1 aromatic rings. The van der Waals surface area contributed by atoms with Crippen molar-refractivity contribution < 1.29 is 0 Å². The standard InChI is InChI=1S/C11H18N8S2/c1-7(8-5-21-11(18-8)19-9(13)14)20-4-3-16-10(15-2)17-6-12/h5,7H,3-4H2,1-2H3,(H2,15,16,17)(H4,13,14,18,19). The topological polar surface area (TPSA) is 138 Å². The summed E-state index contributed by atoms with van der Waals surface area (Å²) in [5.41, 5.74) is 11.6. The minimum atomic E-state index is 0.0109. The second-order valence-corrected chi connectivity index (χ2v) is 6.13. The quantitative estimate of drug-likeness (QED) is 0.196. The van der Waals surface area contributed by atoms with Crippen molar-refractivity contribution in [3.05, 3.63) is 11.1 Å². The van der Waals surface area contributed by atoms with E-state index in [-0.39, 0.29) is 11.2 Å². The third-order valence-corrected chi connectivity index (χ3v) is 4.25. The first-order valence-electron chi connectivity index (χ1n) is 6.09. The fourth-order valence-electron chi connectivity index (χ4n) is 1.35. The zero-order valence-corrected chi connectivity index (χ0v) is 13.5. The van der Waals surface area contributed by atoms with Gasteiger partial charge in [-0.3, -0.25) is 10.3 Å². The van der Waals surface area contributed by atoms with Crippen LogP contribution in [0.15, 0.2) is 15.4 Å². The average molecular weight is 326 g/mol. The Morgan fingerprint density at radius 1 is 1.62 bits per heavy atom. The molecule has 114 valence electrons. The van der Waals surface area contributed by atoms with Crippen LogP contribution >= 0.6 is 23.1 Å². The number of guanidine groups is 2. The highest BCUT2D eigenvalue weighted by Crippen LogP contribution is 2.31. The number of nitrogens with zero attached hydrogens (tertiary/aromatic N) is 4. The number of rotatable bonds is 6. The van der Waals surface area contributed by atoms with Crippen molar-refractivity contribution >= 4 is 40.1 Å². The monoisotopic (exact) mass is 326 g/mol. The van der Waals surface area contributed by atoms with Crippen LogP contribution in [-0.2, 0) is 0 Å². The Hall–Kier alpha value is -1.99. The van der Waals surface area contributed by atoms with Crippen LogP contribution in [0.3, 0.4) is 0 Å². The number of nitrogens with one attached hydrogen (secondary N) is 2. The van der Waals surface area contributed by atoms with Crippen molar-refractivity contribution in [2.24, 2.45) is 21.5 Å². The Morgan fingerprint density at radius 3 is 3.00 bits per heavy atom. The van der Waals surface area contributed by atoms with Crippen molar-refractivity contribution in [3.63, 3.8) is 0 Å². The summed E-state index contributed by atoms with van der Waals surface area (Å²) < 4.78 is 0. The molecule has 0 aromatic carbocycles. The van der Waals surface area contributed by atoms with Gasteiger partial charge < -0.3 is 16.8 Å². The third kappa shape index (κ3) is 6.33. The lowest BCUT2D eigenvalue weighted by atomic mass is 10.4. The van der Waals surface area contributed by atoms with Crippen LogP contribution in [0.1, 0.15) is 17.9 Å². The number of thiazole rings is 1. The van der Waals surface area contributed by atoms with Crippen LogP contribution in [0.5, 0.6) is 0 Å². The van der Waals surface area contributed by atoms with Gasteiger partial charge in [0.1, 0.15) is 0 Å². The largest absolute Gasteiger partial charge is 0.370 e. The first kappa shape index (κ1) is 17.1. The highest BCUT2D eigenvalue weighted by molar-refractivity contribution is 7.99. The molecular formula is C11H18N8S2. The van der Waals surface area contributed by atoms with Gasteiger partial charge in [-0.05, 0) is 6.92 Å². The summed E-state index contributed by atoms with van der Waals surface area (Å²) in [7, 11) is 1.61. The van der Waals surface area contributed by atoms with Gasteiger partial charge in [0.25, 0.3) is 0 Å². The van der Waals surface area contributed by atoms with Gasteiger partial charge in [0.2, 0.25) is 11.1 Å². The molecule has 1 atom stereocenters. The maximum atomic E-state index is 8.50. The van der Waals surface area contributed by atoms with E-state index in [1.54, 1.807) is 18.8 Å². The molecule has 1 unspecified atom stereocenters. The van der Waals surface area contributed by atoms with Crippen molar-refractivity contribution in [2.45, 2.75) is 12.2 Å². The van der Waals surface area contributed by atoms with E-state index < -0.39 is 0 Å². The molecule has 6 N–H and O–H groups in total. The van der Waals surface area contributed by atoms with Gasteiger partial charge in [0.05, 0.1) is 5.69 Å². The minimum Gasteiger partial charge on any atom is -0.370 e. The summed E-state index contributed by atoms with van der Waals surface area (Å²) in [6.45, 7) is 2.77. The van der Waals surface area contributed by atoms with Crippen molar-refractivity contribution in [2.75, 3.05) is 19.3 Å². The molecule has 10 heteroatoms. The zero-order chi connectivity index (χ0) is 15.7. The lowest BCUT2D eigenvalue weighted by Gasteiger charge is -2.10. The van der Waals surface area contributed by atoms with Gasteiger partial charge in [0, 0.05) is 30.0 Å². The lowest BCUT2D eigenvalue weighted by Crippen LogP contribution is -2.35. The highest BCUT2D eigenvalue weighted by atomic mass is 32.2. The maximum Gasteiger partial charge on any atom is 0.212 e. The van der Waals surface area contributed by atoms with E-state index in [4.69, 9.17) is 16.7 Å². The molecule has 0 amide bonds. The molecule has 0 aliphatic carbocycles. The van der Waals surface area contributed by atoms with E-state index in [1.807, 2.05) is 11.6 Å². The summed E-state index contributed by atoms with van der Waals surface area (Å²) >= 11 is 3.15. The molecule has 0 fully saturated rings. The molecule has 0 aliphatic heterocycles. The van der Waals surface area contributed by atoms with Gasteiger partial charge in [-0.25, -0.2) is 4.98 Å². The third-order valence-electron chi connectivity index (χ3n) is 2.31. The second kappa shape index (κ2) is 9.04. The molecule has 0 saturated carbocycles. The molecular weight excluding hydrogens is 308 g/mol. The number of aromatic nitrogens is 1. The van der Waals surface area contributed by atoms with E-state index in [9.17, 15) is 0 Å². The normalized spacial score (nSPS) is 12.3. The number of nitrogens with two attached hydrogens (primary N) is 2. The fraction of sp³-hybridized carbons (Fsp3) is 0.455. The molecule has 8 nitrogen and oxygen atoms in total. The van der Waals surface area contributed by atoms with Crippen LogP contribution in [0.2, 0.25) is 0 Å². The van der Waals surface area contributed by atoms with Gasteiger partial charge in [-0.1, -0.05) is 0 Å². The first-order valence-corrected chi connectivity index (χ1v) is 8.02. The molecule has 0 bridgehead atoms.